The van der Waals surface area contributed by atoms with E-state index in [1.54, 1.807) is 0 Å². The molecule has 0 saturated heterocycles. The second-order valence-electron chi connectivity index (χ2n) is 12.5. The third-order valence-electron chi connectivity index (χ3n) is 8.85. The third kappa shape index (κ3) is 5.66. The standard InChI is InChI=1S/C42H40N6/c1-29-25-32(4)40(33(5)26-29)47-28-38(48(35-21-12-8-13-22-35)36-23-14-9-15-24-36)44-42(47)45(6)41-43-37(34-19-10-7-11-20-34)27-46(41)39-30(2)17-16-18-31(39)3/h7-28H,1-6H3. The van der Waals surface area contributed by atoms with E-state index in [-0.39, 0.29) is 0 Å². The molecule has 0 N–H and O–H groups in total. The van der Waals surface area contributed by atoms with E-state index in [1.807, 2.05) is 18.2 Å². The quantitative estimate of drug-likeness (QED) is 0.168. The van der Waals surface area contributed by atoms with Crippen LogP contribution in [0, 0.1) is 34.6 Å². The molecule has 0 saturated carbocycles. The molecule has 0 aliphatic heterocycles. The van der Waals surface area contributed by atoms with Crippen molar-refractivity contribution in [2.45, 2.75) is 34.6 Å². The molecule has 2 aromatic heterocycles. The lowest BCUT2D eigenvalue weighted by molar-refractivity contribution is 0.906. The van der Waals surface area contributed by atoms with E-state index in [9.17, 15) is 0 Å². The number of anilines is 5. The Bertz CT molecular complexity index is 2110. The Balaban J connectivity index is 1.49. The minimum absolute atomic E-state index is 0.759. The predicted octanol–water partition coefficient (Wildman–Crippen LogP) is 10.5. The Morgan fingerprint density at radius 3 is 1.54 bits per heavy atom. The van der Waals surface area contributed by atoms with Crippen LogP contribution in [0.15, 0.2) is 134 Å². The number of para-hydroxylation sites is 3. The van der Waals surface area contributed by atoms with Gasteiger partial charge in [-0.1, -0.05) is 103 Å². The summed E-state index contributed by atoms with van der Waals surface area (Å²) < 4.78 is 4.44. The zero-order valence-electron chi connectivity index (χ0n) is 28.4. The van der Waals surface area contributed by atoms with E-state index in [1.165, 1.54) is 27.8 Å². The summed E-state index contributed by atoms with van der Waals surface area (Å²) in [6.45, 7) is 10.8. The molecule has 5 aromatic carbocycles. The lowest BCUT2D eigenvalue weighted by Gasteiger charge is -2.23. The number of aryl methyl sites for hydroxylation is 5. The molecule has 48 heavy (non-hydrogen) atoms. The Labute approximate surface area is 283 Å². The fraction of sp³-hybridized carbons (Fsp3) is 0.143. The van der Waals surface area contributed by atoms with Crippen molar-refractivity contribution in [2.75, 3.05) is 16.8 Å². The highest BCUT2D eigenvalue weighted by Crippen LogP contribution is 2.39. The van der Waals surface area contributed by atoms with E-state index in [4.69, 9.17) is 9.97 Å². The normalized spacial score (nSPS) is 11.1. The van der Waals surface area contributed by atoms with Gasteiger partial charge in [-0.25, -0.2) is 4.98 Å². The van der Waals surface area contributed by atoms with Crippen LogP contribution in [0.2, 0.25) is 0 Å². The van der Waals surface area contributed by atoms with Crippen LogP contribution in [0.5, 0.6) is 0 Å². The molecule has 6 heteroatoms. The van der Waals surface area contributed by atoms with E-state index >= 15 is 0 Å². The molecule has 6 nitrogen and oxygen atoms in total. The lowest BCUT2D eigenvalue weighted by atomic mass is 10.1. The van der Waals surface area contributed by atoms with Gasteiger partial charge in [0.15, 0.2) is 5.82 Å². The van der Waals surface area contributed by atoms with E-state index < -0.39 is 0 Å². The smallest absolute Gasteiger partial charge is 0.218 e. The van der Waals surface area contributed by atoms with Crippen molar-refractivity contribution in [1.29, 1.82) is 0 Å². The van der Waals surface area contributed by atoms with E-state index in [0.717, 1.165) is 51.7 Å². The average Bonchev–Trinajstić information content (AvgIpc) is 3.71. The Morgan fingerprint density at radius 1 is 0.500 bits per heavy atom. The molecule has 0 aliphatic rings. The molecule has 0 spiro atoms. The maximum atomic E-state index is 5.44. The van der Waals surface area contributed by atoms with Crippen LogP contribution in [0.3, 0.4) is 0 Å². The van der Waals surface area contributed by atoms with Gasteiger partial charge < -0.3 is 0 Å². The number of rotatable bonds is 8. The summed E-state index contributed by atoms with van der Waals surface area (Å²) in [4.78, 5) is 15.1. The van der Waals surface area contributed by atoms with Gasteiger partial charge in [0.05, 0.1) is 23.3 Å². The van der Waals surface area contributed by atoms with Crippen molar-refractivity contribution in [3.8, 4) is 22.6 Å². The number of benzene rings is 5. The van der Waals surface area contributed by atoms with Crippen molar-refractivity contribution in [3.05, 3.63) is 162 Å². The maximum Gasteiger partial charge on any atom is 0.218 e. The molecule has 7 rings (SSSR count). The summed E-state index contributed by atoms with van der Waals surface area (Å²) in [6, 6.07) is 42.1. The van der Waals surface area contributed by atoms with Crippen LogP contribution in [-0.4, -0.2) is 26.1 Å². The third-order valence-corrected chi connectivity index (χ3v) is 8.85. The van der Waals surface area contributed by atoms with Crippen molar-refractivity contribution < 1.29 is 0 Å². The van der Waals surface area contributed by atoms with Gasteiger partial charge in [0, 0.05) is 30.2 Å². The first kappa shape index (κ1) is 30.8. The monoisotopic (exact) mass is 628 g/mol. The number of nitrogens with zero attached hydrogens (tertiary/aromatic N) is 6. The fourth-order valence-corrected chi connectivity index (χ4v) is 6.78. The number of hydrogen-bond donors (Lipinski definition) is 0. The summed E-state index contributed by atoms with van der Waals surface area (Å²) in [5.74, 6) is 2.34. The van der Waals surface area contributed by atoms with Crippen molar-refractivity contribution in [1.82, 2.24) is 19.1 Å². The molecular formula is C42H40N6. The van der Waals surface area contributed by atoms with Crippen LogP contribution < -0.4 is 9.80 Å². The van der Waals surface area contributed by atoms with Crippen LogP contribution in [0.4, 0.5) is 29.1 Å². The molecule has 2 heterocycles. The maximum absolute atomic E-state index is 5.44. The minimum Gasteiger partial charge on any atom is -0.294 e. The summed E-state index contributed by atoms with van der Waals surface area (Å²) in [5.41, 5.74) is 12.2. The summed E-state index contributed by atoms with van der Waals surface area (Å²) in [6.07, 6.45) is 4.30. The van der Waals surface area contributed by atoms with Crippen molar-refractivity contribution >= 4 is 29.1 Å². The van der Waals surface area contributed by atoms with E-state index in [2.05, 4.69) is 176 Å². The molecule has 7 aromatic rings. The molecule has 0 atom stereocenters. The molecular weight excluding hydrogens is 589 g/mol. The Hall–Kier alpha value is -5.88. The van der Waals surface area contributed by atoms with Gasteiger partial charge in [-0.15, -0.1) is 0 Å². The minimum atomic E-state index is 0.759. The van der Waals surface area contributed by atoms with Gasteiger partial charge in [-0.3, -0.25) is 18.9 Å². The molecule has 0 bridgehead atoms. The van der Waals surface area contributed by atoms with Gasteiger partial charge in [0.25, 0.3) is 0 Å². The molecule has 0 fully saturated rings. The van der Waals surface area contributed by atoms with Crippen LogP contribution in [0.25, 0.3) is 22.6 Å². The lowest BCUT2D eigenvalue weighted by Crippen LogP contribution is -2.20. The number of imidazole rings is 2. The van der Waals surface area contributed by atoms with Gasteiger partial charge in [0.2, 0.25) is 11.9 Å². The predicted molar refractivity (Wildman–Crippen MR) is 199 cm³/mol. The number of aromatic nitrogens is 4. The zero-order chi connectivity index (χ0) is 33.4. The highest BCUT2D eigenvalue weighted by molar-refractivity contribution is 5.76. The van der Waals surface area contributed by atoms with Gasteiger partial charge in [-0.2, -0.15) is 4.98 Å². The topological polar surface area (TPSA) is 42.1 Å². The summed E-state index contributed by atoms with van der Waals surface area (Å²) in [5, 5.41) is 0. The second kappa shape index (κ2) is 12.7. The molecule has 238 valence electrons. The molecule has 0 radical (unpaired) electrons. The molecule has 0 aliphatic carbocycles. The Morgan fingerprint density at radius 2 is 0.979 bits per heavy atom. The summed E-state index contributed by atoms with van der Waals surface area (Å²) in [7, 11) is 2.07. The average molecular weight is 629 g/mol. The zero-order valence-corrected chi connectivity index (χ0v) is 28.4. The highest BCUT2D eigenvalue weighted by Gasteiger charge is 2.26. The Kier molecular flexibility index (Phi) is 8.15. The first-order valence-corrected chi connectivity index (χ1v) is 16.3. The van der Waals surface area contributed by atoms with Crippen LogP contribution in [-0.2, 0) is 0 Å². The second-order valence-corrected chi connectivity index (χ2v) is 12.5. The van der Waals surface area contributed by atoms with Crippen LogP contribution in [0.1, 0.15) is 27.8 Å². The van der Waals surface area contributed by atoms with Gasteiger partial charge >= 0.3 is 0 Å². The fourth-order valence-electron chi connectivity index (χ4n) is 6.78. The first-order valence-electron chi connectivity index (χ1n) is 16.3. The highest BCUT2D eigenvalue weighted by atomic mass is 15.4. The SMILES string of the molecule is Cc1cc(C)c(-n2cc(N(c3ccccc3)c3ccccc3)nc2N(C)c2nc(-c3ccccc3)cn2-c2c(C)cccc2C)c(C)c1. The summed E-state index contributed by atoms with van der Waals surface area (Å²) >= 11 is 0. The largest absolute Gasteiger partial charge is 0.294 e. The van der Waals surface area contributed by atoms with Gasteiger partial charge in [0.1, 0.15) is 0 Å². The molecule has 0 amide bonds. The van der Waals surface area contributed by atoms with Crippen molar-refractivity contribution in [3.63, 3.8) is 0 Å². The van der Waals surface area contributed by atoms with Gasteiger partial charge in [-0.05, 0) is 81.1 Å². The number of hydrogen-bond acceptors (Lipinski definition) is 4. The van der Waals surface area contributed by atoms with E-state index in [0.29, 0.717) is 0 Å². The first-order chi connectivity index (χ1) is 23.3. The molecule has 0 unspecified atom stereocenters. The van der Waals surface area contributed by atoms with Crippen LogP contribution >= 0.6 is 0 Å². The van der Waals surface area contributed by atoms with Crippen molar-refractivity contribution in [2.24, 2.45) is 0 Å².